The molecule has 0 fully saturated rings. The number of hydrogen-bond acceptors (Lipinski definition) is 4. The number of carboxylic acid groups (broad SMARTS) is 1. The van der Waals surface area contributed by atoms with Crippen LogP contribution in [0.15, 0.2) is 41.8 Å². The monoisotopic (exact) mass is 277 g/mol. The van der Waals surface area contributed by atoms with E-state index in [0.717, 1.165) is 16.9 Å². The number of hydroxylamine groups is 1. The van der Waals surface area contributed by atoms with E-state index >= 15 is 0 Å². The molecule has 0 spiro atoms. The highest BCUT2D eigenvalue weighted by atomic mass is 32.1. The molecule has 0 radical (unpaired) electrons. The normalized spacial score (nSPS) is 10.1. The van der Waals surface area contributed by atoms with Gasteiger partial charge >= 0.3 is 5.97 Å². The Hall–Kier alpha value is -2.18. The van der Waals surface area contributed by atoms with Crippen LogP contribution in [0.1, 0.15) is 25.6 Å². The standard InChI is InChI=1S/C13H11NO4S/c15-12(11-6-10(8-19-11)13(16)17)14-18-7-9-4-2-1-3-5-9/h1-6,8H,7H2,(H,14,15)(H,16,17). The molecule has 98 valence electrons. The SMILES string of the molecule is O=C(O)c1csc(C(=O)NOCc2ccccc2)c1. The second kappa shape index (κ2) is 6.12. The van der Waals surface area contributed by atoms with Crippen molar-refractivity contribution in [2.75, 3.05) is 0 Å². The smallest absolute Gasteiger partial charge is 0.336 e. The van der Waals surface area contributed by atoms with E-state index in [4.69, 9.17) is 9.94 Å². The molecule has 0 saturated heterocycles. The predicted octanol–water partition coefficient (Wildman–Crippen LogP) is 2.31. The van der Waals surface area contributed by atoms with Gasteiger partial charge in [-0.25, -0.2) is 10.3 Å². The second-order valence-electron chi connectivity index (χ2n) is 3.71. The molecular formula is C13H11NO4S. The summed E-state index contributed by atoms with van der Waals surface area (Å²) in [5.41, 5.74) is 3.30. The van der Waals surface area contributed by atoms with E-state index in [1.807, 2.05) is 30.3 Å². The molecule has 1 aromatic carbocycles. The van der Waals surface area contributed by atoms with Gasteiger partial charge in [0.2, 0.25) is 0 Å². The topological polar surface area (TPSA) is 75.6 Å². The van der Waals surface area contributed by atoms with Crippen LogP contribution in [-0.2, 0) is 11.4 Å². The van der Waals surface area contributed by atoms with Crippen LogP contribution in [0.4, 0.5) is 0 Å². The van der Waals surface area contributed by atoms with Gasteiger partial charge in [-0.2, -0.15) is 0 Å². The highest BCUT2D eigenvalue weighted by Crippen LogP contribution is 2.14. The van der Waals surface area contributed by atoms with Gasteiger partial charge in [-0.3, -0.25) is 9.63 Å². The molecular weight excluding hydrogens is 266 g/mol. The van der Waals surface area contributed by atoms with E-state index in [9.17, 15) is 9.59 Å². The fourth-order valence-electron chi connectivity index (χ4n) is 1.38. The quantitative estimate of drug-likeness (QED) is 0.822. The predicted molar refractivity (Wildman–Crippen MR) is 70.0 cm³/mol. The van der Waals surface area contributed by atoms with Crippen LogP contribution in [0.5, 0.6) is 0 Å². The molecule has 2 aromatic rings. The minimum Gasteiger partial charge on any atom is -0.478 e. The Labute approximate surface area is 113 Å². The first kappa shape index (κ1) is 13.3. The van der Waals surface area contributed by atoms with Gasteiger partial charge in [0.25, 0.3) is 5.91 Å². The highest BCUT2D eigenvalue weighted by molar-refractivity contribution is 7.12. The van der Waals surface area contributed by atoms with Crippen LogP contribution in [0.25, 0.3) is 0 Å². The summed E-state index contributed by atoms with van der Waals surface area (Å²) in [7, 11) is 0. The summed E-state index contributed by atoms with van der Waals surface area (Å²) in [6.07, 6.45) is 0. The number of rotatable bonds is 5. The molecule has 2 N–H and O–H groups in total. The molecule has 0 unspecified atom stereocenters. The second-order valence-corrected chi connectivity index (χ2v) is 4.62. The Morgan fingerprint density at radius 3 is 2.63 bits per heavy atom. The van der Waals surface area contributed by atoms with Crippen molar-refractivity contribution in [2.24, 2.45) is 0 Å². The van der Waals surface area contributed by atoms with E-state index in [1.54, 1.807) is 0 Å². The largest absolute Gasteiger partial charge is 0.478 e. The van der Waals surface area contributed by atoms with Crippen molar-refractivity contribution in [1.29, 1.82) is 0 Å². The van der Waals surface area contributed by atoms with Gasteiger partial charge in [-0.1, -0.05) is 30.3 Å². The fourth-order valence-corrected chi connectivity index (χ4v) is 2.14. The van der Waals surface area contributed by atoms with Crippen LogP contribution in [0.3, 0.4) is 0 Å². The molecule has 2 rings (SSSR count). The zero-order valence-corrected chi connectivity index (χ0v) is 10.6. The van der Waals surface area contributed by atoms with Crippen molar-refractivity contribution in [2.45, 2.75) is 6.61 Å². The Bertz CT molecular complexity index is 579. The zero-order chi connectivity index (χ0) is 13.7. The first-order valence-corrected chi connectivity index (χ1v) is 6.32. The van der Waals surface area contributed by atoms with Crippen LogP contribution in [0.2, 0.25) is 0 Å². The molecule has 0 saturated carbocycles. The first-order chi connectivity index (χ1) is 9.16. The van der Waals surface area contributed by atoms with Crippen LogP contribution in [-0.4, -0.2) is 17.0 Å². The first-order valence-electron chi connectivity index (χ1n) is 5.44. The minimum absolute atomic E-state index is 0.0956. The summed E-state index contributed by atoms with van der Waals surface area (Å²) in [5, 5.41) is 10.2. The average molecular weight is 277 g/mol. The van der Waals surface area contributed by atoms with E-state index < -0.39 is 11.9 Å². The number of thiophene rings is 1. The summed E-state index contributed by atoms with van der Waals surface area (Å²) in [6, 6.07) is 10.7. The summed E-state index contributed by atoms with van der Waals surface area (Å²) >= 11 is 1.06. The maximum Gasteiger partial charge on any atom is 0.336 e. The molecule has 1 aromatic heterocycles. The Morgan fingerprint density at radius 1 is 1.26 bits per heavy atom. The number of nitrogens with one attached hydrogen (secondary N) is 1. The average Bonchev–Trinajstić information content (AvgIpc) is 2.89. The summed E-state index contributed by atoms with van der Waals surface area (Å²) in [5.74, 6) is -1.51. The molecule has 1 heterocycles. The third-order valence-corrected chi connectivity index (χ3v) is 3.25. The van der Waals surface area contributed by atoms with E-state index in [-0.39, 0.29) is 12.2 Å². The Kier molecular flexibility index (Phi) is 4.27. The number of amides is 1. The van der Waals surface area contributed by atoms with Gasteiger partial charge in [-0.05, 0) is 11.6 Å². The van der Waals surface area contributed by atoms with Gasteiger partial charge in [0.05, 0.1) is 17.0 Å². The molecule has 0 aliphatic heterocycles. The summed E-state index contributed by atoms with van der Waals surface area (Å²) < 4.78 is 0. The van der Waals surface area contributed by atoms with Crippen molar-refractivity contribution < 1.29 is 19.5 Å². The third-order valence-electron chi connectivity index (χ3n) is 2.32. The molecule has 0 atom stereocenters. The van der Waals surface area contributed by atoms with Gasteiger partial charge in [-0.15, -0.1) is 11.3 Å². The molecule has 0 aliphatic rings. The van der Waals surface area contributed by atoms with Gasteiger partial charge in [0, 0.05) is 5.38 Å². The number of aromatic carboxylic acids is 1. The summed E-state index contributed by atoms with van der Waals surface area (Å²) in [6.45, 7) is 0.254. The van der Waals surface area contributed by atoms with Crippen LogP contribution >= 0.6 is 11.3 Å². The maximum atomic E-state index is 11.7. The lowest BCUT2D eigenvalue weighted by atomic mass is 10.2. The molecule has 0 bridgehead atoms. The highest BCUT2D eigenvalue weighted by Gasteiger charge is 2.12. The van der Waals surface area contributed by atoms with E-state index in [2.05, 4.69) is 5.48 Å². The maximum absolute atomic E-state index is 11.7. The number of carboxylic acids is 1. The van der Waals surface area contributed by atoms with E-state index in [1.165, 1.54) is 11.4 Å². The lowest BCUT2D eigenvalue weighted by Gasteiger charge is -2.04. The number of benzene rings is 1. The third kappa shape index (κ3) is 3.64. The van der Waals surface area contributed by atoms with Gasteiger partial charge < -0.3 is 5.11 Å². The van der Waals surface area contributed by atoms with Gasteiger partial charge in [0.15, 0.2) is 0 Å². The van der Waals surface area contributed by atoms with Crippen LogP contribution < -0.4 is 5.48 Å². The number of carbonyl (C=O) groups is 2. The lowest BCUT2D eigenvalue weighted by Crippen LogP contribution is -2.22. The minimum atomic E-state index is -1.06. The van der Waals surface area contributed by atoms with Crippen molar-refractivity contribution in [1.82, 2.24) is 5.48 Å². The Morgan fingerprint density at radius 2 is 2.00 bits per heavy atom. The fraction of sp³-hybridized carbons (Fsp3) is 0.0769. The molecule has 0 aliphatic carbocycles. The van der Waals surface area contributed by atoms with E-state index in [0.29, 0.717) is 4.88 Å². The lowest BCUT2D eigenvalue weighted by molar-refractivity contribution is 0.0237. The molecule has 5 nitrogen and oxygen atoms in total. The molecule has 19 heavy (non-hydrogen) atoms. The Balaban J connectivity index is 1.85. The molecule has 6 heteroatoms. The van der Waals surface area contributed by atoms with Crippen molar-refractivity contribution in [3.8, 4) is 0 Å². The van der Waals surface area contributed by atoms with Crippen LogP contribution in [0, 0.1) is 0 Å². The zero-order valence-electron chi connectivity index (χ0n) is 9.83. The van der Waals surface area contributed by atoms with Crippen molar-refractivity contribution in [3.63, 3.8) is 0 Å². The van der Waals surface area contributed by atoms with Gasteiger partial charge in [0.1, 0.15) is 0 Å². The van der Waals surface area contributed by atoms with Crippen molar-refractivity contribution in [3.05, 3.63) is 57.8 Å². The number of carbonyl (C=O) groups excluding carboxylic acids is 1. The number of hydrogen-bond donors (Lipinski definition) is 2. The summed E-state index contributed by atoms with van der Waals surface area (Å²) in [4.78, 5) is 27.7. The molecule has 1 amide bonds. The van der Waals surface area contributed by atoms with Crippen molar-refractivity contribution >= 4 is 23.2 Å².